The summed E-state index contributed by atoms with van der Waals surface area (Å²) in [4.78, 5) is 0. The summed E-state index contributed by atoms with van der Waals surface area (Å²) in [5.41, 5.74) is 0. The summed E-state index contributed by atoms with van der Waals surface area (Å²) >= 11 is 0. The lowest BCUT2D eigenvalue weighted by atomic mass is 10.2. The van der Waals surface area contributed by atoms with Crippen LogP contribution in [0.2, 0.25) is 0 Å². The number of unbranched alkanes of at least 4 members (excludes halogenated alkanes) is 4. The Balaban J connectivity index is -0.0000000480. The lowest BCUT2D eigenvalue weighted by molar-refractivity contribution is 0.626. The van der Waals surface area contributed by atoms with E-state index in [9.17, 15) is 0 Å². The van der Waals surface area contributed by atoms with E-state index in [1.807, 2.05) is 27.7 Å². The molecule has 0 saturated heterocycles. The van der Waals surface area contributed by atoms with E-state index in [0.29, 0.717) is 0 Å². The highest BCUT2D eigenvalue weighted by molar-refractivity contribution is 4.36. The number of hydrogen-bond donors (Lipinski definition) is 0. The Labute approximate surface area is 127 Å². The molecule has 0 aliphatic carbocycles. The smallest absolute Gasteiger partial charge is 0.0474 e. The van der Waals surface area contributed by atoms with Crippen molar-refractivity contribution in [2.24, 2.45) is 5.92 Å². The van der Waals surface area contributed by atoms with Crippen molar-refractivity contribution in [2.45, 2.75) is 121 Å². The quantitative estimate of drug-likeness (QED) is 0.441. The van der Waals surface area contributed by atoms with Crippen molar-refractivity contribution in [3.05, 3.63) is 0 Å². The lowest BCUT2D eigenvalue weighted by Crippen LogP contribution is -1.77. The van der Waals surface area contributed by atoms with Crippen molar-refractivity contribution in [2.75, 3.05) is 0 Å². The molecule has 0 aliphatic rings. The standard InChI is InChI=1S/C7H16.C5H12.C3H8.2C2H6/c1-3-5-7-6-4-2;1-4-5(2)3;1-3-2;2*1-2/h3-7H2,1-2H3;5H,4H2,1-3H3;3H2,1-2H3;2*1-2H3. The van der Waals surface area contributed by atoms with Gasteiger partial charge in [-0.15, -0.1) is 0 Å². The first-order chi connectivity index (χ1) is 9.10. The second kappa shape index (κ2) is 52.0. The van der Waals surface area contributed by atoms with Gasteiger partial charge in [0.2, 0.25) is 0 Å². The molecule has 0 aliphatic heterocycles. The highest BCUT2D eigenvalue weighted by Gasteiger charge is 1.80. The summed E-state index contributed by atoms with van der Waals surface area (Å²) in [7, 11) is 0. The topological polar surface area (TPSA) is 0 Å². The minimum atomic E-state index is 0.884. The number of rotatable bonds is 5. The molecule has 0 N–H and O–H groups in total. The van der Waals surface area contributed by atoms with E-state index >= 15 is 0 Å². The second-order valence-electron chi connectivity index (χ2n) is 4.57. The average Bonchev–Trinajstić information content (AvgIpc) is 2.45. The van der Waals surface area contributed by atoms with Crippen LogP contribution < -0.4 is 0 Å². The largest absolute Gasteiger partial charge is 0.0683 e. The molecule has 0 bridgehead atoms. The average molecular weight is 277 g/mol. The van der Waals surface area contributed by atoms with Crippen LogP contribution in [0.3, 0.4) is 0 Å². The van der Waals surface area contributed by atoms with Crippen LogP contribution >= 0.6 is 0 Å². The fourth-order valence-electron chi connectivity index (χ4n) is 0.677. The van der Waals surface area contributed by atoms with Gasteiger partial charge in [-0.2, -0.15) is 0 Å². The van der Waals surface area contributed by atoms with Crippen LogP contribution in [-0.4, -0.2) is 0 Å². The Kier molecular flexibility index (Phi) is 86.0. The van der Waals surface area contributed by atoms with E-state index in [4.69, 9.17) is 0 Å². The van der Waals surface area contributed by atoms with E-state index < -0.39 is 0 Å². The first kappa shape index (κ1) is 31.4. The minimum Gasteiger partial charge on any atom is -0.0683 e. The highest BCUT2D eigenvalue weighted by atomic mass is 13.9. The van der Waals surface area contributed by atoms with E-state index in [1.165, 1.54) is 44.9 Å². The SMILES string of the molecule is CC.CC.CCC.CCC(C)C.CCCCCCC. The summed E-state index contributed by atoms with van der Waals surface area (Å²) in [5.74, 6) is 0.884. The van der Waals surface area contributed by atoms with Crippen molar-refractivity contribution >= 4 is 0 Å². The predicted octanol–water partition coefficient (Wildman–Crippen LogP) is 8.50. The maximum absolute atomic E-state index is 2.25. The molecular formula is C19H48. The highest BCUT2D eigenvalue weighted by Crippen LogP contribution is 2.00. The van der Waals surface area contributed by atoms with Gasteiger partial charge in [-0.05, 0) is 5.92 Å². The Bertz CT molecular complexity index is 60.4. The fourth-order valence-corrected chi connectivity index (χ4v) is 0.677. The summed E-state index contributed by atoms with van der Waals surface area (Å²) in [6.45, 7) is 23.4. The summed E-state index contributed by atoms with van der Waals surface area (Å²) in [6, 6.07) is 0. The molecule has 0 saturated carbocycles. The second-order valence-corrected chi connectivity index (χ2v) is 4.57. The van der Waals surface area contributed by atoms with Crippen LogP contribution in [0.1, 0.15) is 121 Å². The molecule has 0 amide bonds. The zero-order chi connectivity index (χ0) is 16.5. The van der Waals surface area contributed by atoms with Gasteiger partial charge in [-0.25, -0.2) is 0 Å². The molecule has 0 nitrogen and oxygen atoms in total. The van der Waals surface area contributed by atoms with Crippen LogP contribution in [0.5, 0.6) is 0 Å². The van der Waals surface area contributed by atoms with Gasteiger partial charge in [0.05, 0.1) is 0 Å². The molecular weight excluding hydrogens is 228 g/mol. The van der Waals surface area contributed by atoms with Crippen LogP contribution in [0.4, 0.5) is 0 Å². The molecule has 0 atom stereocenters. The zero-order valence-corrected chi connectivity index (χ0v) is 16.5. The van der Waals surface area contributed by atoms with Crippen LogP contribution in [0.25, 0.3) is 0 Å². The van der Waals surface area contributed by atoms with Gasteiger partial charge in [-0.1, -0.05) is 121 Å². The van der Waals surface area contributed by atoms with Gasteiger partial charge >= 0.3 is 0 Å². The monoisotopic (exact) mass is 276 g/mol. The molecule has 19 heavy (non-hydrogen) atoms. The molecule has 0 spiro atoms. The first-order valence-corrected chi connectivity index (χ1v) is 9.10. The Morgan fingerprint density at radius 2 is 0.789 bits per heavy atom. The predicted molar refractivity (Wildman–Crippen MR) is 98.2 cm³/mol. The van der Waals surface area contributed by atoms with E-state index in [2.05, 4.69) is 48.5 Å². The minimum absolute atomic E-state index is 0.884. The summed E-state index contributed by atoms with van der Waals surface area (Å²) < 4.78 is 0. The molecule has 0 radical (unpaired) electrons. The molecule has 0 unspecified atom stereocenters. The lowest BCUT2D eigenvalue weighted by Gasteiger charge is -1.90. The van der Waals surface area contributed by atoms with Gasteiger partial charge in [0.25, 0.3) is 0 Å². The van der Waals surface area contributed by atoms with Crippen molar-refractivity contribution < 1.29 is 0 Å². The van der Waals surface area contributed by atoms with Gasteiger partial charge < -0.3 is 0 Å². The third kappa shape index (κ3) is 128. The van der Waals surface area contributed by atoms with Crippen LogP contribution in [0, 0.1) is 5.92 Å². The van der Waals surface area contributed by atoms with Gasteiger partial charge in [0, 0.05) is 0 Å². The Hall–Kier alpha value is 0. The van der Waals surface area contributed by atoms with Crippen molar-refractivity contribution in [3.63, 3.8) is 0 Å². The first-order valence-electron chi connectivity index (χ1n) is 9.10. The van der Waals surface area contributed by atoms with E-state index in [-0.39, 0.29) is 0 Å². The van der Waals surface area contributed by atoms with Crippen LogP contribution in [-0.2, 0) is 0 Å². The van der Waals surface area contributed by atoms with Crippen LogP contribution in [0.15, 0.2) is 0 Å². The molecule has 0 aromatic heterocycles. The summed E-state index contributed by atoms with van der Waals surface area (Å²) in [6.07, 6.45) is 9.56. The number of hydrogen-bond acceptors (Lipinski definition) is 0. The maximum Gasteiger partial charge on any atom is -0.0474 e. The van der Waals surface area contributed by atoms with E-state index in [0.717, 1.165) is 5.92 Å². The van der Waals surface area contributed by atoms with E-state index in [1.54, 1.807) is 0 Å². The Morgan fingerprint density at radius 3 is 0.895 bits per heavy atom. The fraction of sp³-hybridized carbons (Fsp3) is 1.00. The third-order valence-corrected chi connectivity index (χ3v) is 2.02. The molecule has 124 valence electrons. The normalized spacial score (nSPS) is 7.58. The maximum atomic E-state index is 2.25. The van der Waals surface area contributed by atoms with Crippen molar-refractivity contribution in [1.29, 1.82) is 0 Å². The zero-order valence-electron chi connectivity index (χ0n) is 16.5. The van der Waals surface area contributed by atoms with Gasteiger partial charge in [0.1, 0.15) is 0 Å². The van der Waals surface area contributed by atoms with Crippen molar-refractivity contribution in [3.8, 4) is 0 Å². The summed E-state index contributed by atoms with van der Waals surface area (Å²) in [5, 5.41) is 0. The Morgan fingerprint density at radius 1 is 0.579 bits per heavy atom. The molecule has 0 heterocycles. The van der Waals surface area contributed by atoms with Crippen molar-refractivity contribution in [1.82, 2.24) is 0 Å². The third-order valence-electron chi connectivity index (χ3n) is 2.02. The molecule has 0 aromatic carbocycles. The van der Waals surface area contributed by atoms with Gasteiger partial charge in [0.15, 0.2) is 0 Å². The van der Waals surface area contributed by atoms with Gasteiger partial charge in [-0.3, -0.25) is 0 Å². The molecule has 0 heteroatoms. The molecule has 0 fully saturated rings. The molecule has 0 rings (SSSR count). The molecule has 0 aromatic rings.